The fourth-order valence-electron chi connectivity index (χ4n) is 2.64. The van der Waals surface area contributed by atoms with Crippen molar-refractivity contribution in [2.45, 2.75) is 18.9 Å². The summed E-state index contributed by atoms with van der Waals surface area (Å²) in [5, 5.41) is 2.93. The van der Waals surface area contributed by atoms with Gasteiger partial charge in [-0.2, -0.15) is 0 Å². The van der Waals surface area contributed by atoms with E-state index in [0.29, 0.717) is 31.6 Å². The molecule has 0 saturated carbocycles. The van der Waals surface area contributed by atoms with Gasteiger partial charge in [0.1, 0.15) is 11.3 Å². The Labute approximate surface area is 129 Å². The lowest BCUT2D eigenvalue weighted by Gasteiger charge is -2.30. The molecule has 1 N–H and O–H groups in total. The lowest BCUT2D eigenvalue weighted by Crippen LogP contribution is -2.46. The van der Waals surface area contributed by atoms with Gasteiger partial charge in [0, 0.05) is 31.5 Å². The number of rotatable bonds is 3. The third kappa shape index (κ3) is 3.12. The van der Waals surface area contributed by atoms with Crippen molar-refractivity contribution in [2.24, 2.45) is 0 Å². The molecule has 0 atom stereocenters. The number of hydrogen-bond acceptors (Lipinski definition) is 4. The Bertz CT molecular complexity index is 758. The number of imidazole rings is 1. The summed E-state index contributed by atoms with van der Waals surface area (Å²) in [5.41, 5.74) is 1.09. The highest BCUT2D eigenvalue weighted by Crippen LogP contribution is 2.14. The first kappa shape index (κ1) is 15.0. The van der Waals surface area contributed by atoms with E-state index < -0.39 is 10.0 Å². The van der Waals surface area contributed by atoms with Crippen molar-refractivity contribution in [2.75, 3.05) is 19.3 Å². The molecule has 118 valence electrons. The van der Waals surface area contributed by atoms with E-state index in [1.54, 1.807) is 10.6 Å². The molecule has 1 saturated heterocycles. The summed E-state index contributed by atoms with van der Waals surface area (Å²) in [4.78, 5) is 16.5. The fraction of sp³-hybridized carbons (Fsp3) is 0.429. The largest absolute Gasteiger partial charge is 0.348 e. The molecule has 0 radical (unpaired) electrons. The van der Waals surface area contributed by atoms with Crippen LogP contribution in [-0.2, 0) is 10.0 Å². The molecule has 8 heteroatoms. The van der Waals surface area contributed by atoms with Crippen molar-refractivity contribution < 1.29 is 13.2 Å². The standard InChI is InChI=1S/C14H18N4O3S/c1-22(20,21)18-8-5-11(6-9-18)15-14(19)12-10-17-7-3-2-4-13(17)16-12/h2-4,7,10-11H,5-6,8-9H2,1H3,(H,15,19). The average molecular weight is 322 g/mol. The van der Waals surface area contributed by atoms with E-state index in [2.05, 4.69) is 10.3 Å². The van der Waals surface area contributed by atoms with Gasteiger partial charge in [-0.15, -0.1) is 0 Å². The summed E-state index contributed by atoms with van der Waals surface area (Å²) in [5.74, 6) is -0.221. The van der Waals surface area contributed by atoms with Gasteiger partial charge in [-0.3, -0.25) is 4.79 Å². The normalized spacial score (nSPS) is 17.7. The Morgan fingerprint density at radius 3 is 2.68 bits per heavy atom. The minimum atomic E-state index is -3.14. The van der Waals surface area contributed by atoms with Crippen molar-refractivity contribution in [1.29, 1.82) is 0 Å². The Kier molecular flexibility index (Phi) is 3.88. The van der Waals surface area contributed by atoms with Crippen LogP contribution in [0.1, 0.15) is 23.3 Å². The molecule has 3 rings (SSSR count). The van der Waals surface area contributed by atoms with Crippen LogP contribution in [0.25, 0.3) is 5.65 Å². The first-order valence-corrected chi connectivity index (χ1v) is 8.98. The summed E-state index contributed by atoms with van der Waals surface area (Å²) >= 11 is 0. The zero-order valence-electron chi connectivity index (χ0n) is 12.3. The maximum absolute atomic E-state index is 12.2. The highest BCUT2D eigenvalue weighted by Gasteiger charge is 2.26. The van der Waals surface area contributed by atoms with Gasteiger partial charge in [-0.25, -0.2) is 17.7 Å². The second kappa shape index (κ2) is 5.69. The Morgan fingerprint density at radius 1 is 1.32 bits per heavy atom. The molecule has 0 aromatic carbocycles. The van der Waals surface area contributed by atoms with Crippen LogP contribution in [0.15, 0.2) is 30.6 Å². The van der Waals surface area contributed by atoms with Gasteiger partial charge in [0.25, 0.3) is 5.91 Å². The van der Waals surface area contributed by atoms with Crippen LogP contribution < -0.4 is 5.32 Å². The maximum Gasteiger partial charge on any atom is 0.271 e. The fourth-order valence-corrected chi connectivity index (χ4v) is 3.51. The molecule has 7 nitrogen and oxygen atoms in total. The minimum absolute atomic E-state index is 0.0182. The van der Waals surface area contributed by atoms with Gasteiger partial charge in [0.2, 0.25) is 10.0 Å². The van der Waals surface area contributed by atoms with E-state index in [0.717, 1.165) is 5.65 Å². The number of nitrogens with zero attached hydrogens (tertiary/aromatic N) is 3. The van der Waals surface area contributed by atoms with E-state index in [1.807, 2.05) is 24.4 Å². The summed E-state index contributed by atoms with van der Waals surface area (Å²) in [6.07, 6.45) is 5.97. The molecular weight excluding hydrogens is 304 g/mol. The topological polar surface area (TPSA) is 83.8 Å². The predicted molar refractivity (Wildman–Crippen MR) is 82.1 cm³/mol. The van der Waals surface area contributed by atoms with Crippen LogP contribution in [0.5, 0.6) is 0 Å². The quantitative estimate of drug-likeness (QED) is 0.891. The van der Waals surface area contributed by atoms with Crippen LogP contribution in [0, 0.1) is 0 Å². The Balaban J connectivity index is 1.63. The molecule has 1 fully saturated rings. The van der Waals surface area contributed by atoms with Crippen molar-refractivity contribution in [3.8, 4) is 0 Å². The van der Waals surface area contributed by atoms with Crippen molar-refractivity contribution in [3.63, 3.8) is 0 Å². The van der Waals surface area contributed by atoms with Gasteiger partial charge >= 0.3 is 0 Å². The number of sulfonamides is 1. The van der Waals surface area contributed by atoms with E-state index in [1.165, 1.54) is 10.6 Å². The molecule has 3 heterocycles. The maximum atomic E-state index is 12.2. The minimum Gasteiger partial charge on any atom is -0.348 e. The summed E-state index contributed by atoms with van der Waals surface area (Å²) in [6.45, 7) is 0.879. The predicted octanol–water partition coefficient (Wildman–Crippen LogP) is 0.488. The Morgan fingerprint density at radius 2 is 2.05 bits per heavy atom. The number of carbonyl (C=O) groups is 1. The van der Waals surface area contributed by atoms with Gasteiger partial charge in [-0.1, -0.05) is 6.07 Å². The van der Waals surface area contributed by atoms with E-state index in [-0.39, 0.29) is 11.9 Å². The van der Waals surface area contributed by atoms with Crippen LogP contribution in [0.2, 0.25) is 0 Å². The van der Waals surface area contributed by atoms with Crippen LogP contribution >= 0.6 is 0 Å². The summed E-state index contributed by atoms with van der Waals surface area (Å²) in [6, 6.07) is 5.55. The SMILES string of the molecule is CS(=O)(=O)N1CCC(NC(=O)c2cn3ccccc3n2)CC1. The third-order valence-electron chi connectivity index (χ3n) is 3.85. The lowest BCUT2D eigenvalue weighted by atomic mass is 10.1. The molecule has 1 aliphatic heterocycles. The number of piperidine rings is 1. The molecule has 2 aromatic heterocycles. The number of hydrogen-bond donors (Lipinski definition) is 1. The molecule has 1 amide bonds. The molecule has 1 aliphatic rings. The number of aromatic nitrogens is 2. The Hall–Kier alpha value is -1.93. The van der Waals surface area contributed by atoms with Crippen LogP contribution in [0.3, 0.4) is 0 Å². The lowest BCUT2D eigenvalue weighted by molar-refractivity contribution is 0.0919. The van der Waals surface area contributed by atoms with Crippen molar-refractivity contribution in [1.82, 2.24) is 19.0 Å². The molecule has 2 aromatic rings. The summed E-state index contributed by atoms with van der Waals surface area (Å²) in [7, 11) is -3.14. The first-order chi connectivity index (χ1) is 10.4. The second-order valence-electron chi connectivity index (χ2n) is 5.50. The smallest absolute Gasteiger partial charge is 0.271 e. The van der Waals surface area contributed by atoms with Gasteiger partial charge in [-0.05, 0) is 25.0 Å². The van der Waals surface area contributed by atoms with Crippen LogP contribution in [0.4, 0.5) is 0 Å². The van der Waals surface area contributed by atoms with Gasteiger partial charge in [0.05, 0.1) is 6.26 Å². The molecule has 0 aliphatic carbocycles. The monoisotopic (exact) mass is 322 g/mol. The third-order valence-corrected chi connectivity index (χ3v) is 5.16. The van der Waals surface area contributed by atoms with Gasteiger partial charge < -0.3 is 9.72 Å². The summed E-state index contributed by atoms with van der Waals surface area (Å²) < 4.78 is 26.2. The number of carbonyl (C=O) groups excluding carboxylic acids is 1. The number of nitrogens with one attached hydrogen (secondary N) is 1. The number of fused-ring (bicyclic) bond motifs is 1. The second-order valence-corrected chi connectivity index (χ2v) is 7.48. The highest BCUT2D eigenvalue weighted by molar-refractivity contribution is 7.88. The molecule has 0 spiro atoms. The van der Waals surface area contributed by atoms with E-state index in [9.17, 15) is 13.2 Å². The number of pyridine rings is 1. The molecule has 22 heavy (non-hydrogen) atoms. The highest BCUT2D eigenvalue weighted by atomic mass is 32.2. The number of amides is 1. The molecule has 0 unspecified atom stereocenters. The molecular formula is C14H18N4O3S. The first-order valence-electron chi connectivity index (χ1n) is 7.13. The zero-order chi connectivity index (χ0) is 15.7. The van der Waals surface area contributed by atoms with Crippen molar-refractivity contribution >= 4 is 21.6 Å². The van der Waals surface area contributed by atoms with Crippen LogP contribution in [-0.4, -0.2) is 53.4 Å². The average Bonchev–Trinajstić information content (AvgIpc) is 2.91. The van der Waals surface area contributed by atoms with E-state index in [4.69, 9.17) is 0 Å². The van der Waals surface area contributed by atoms with Gasteiger partial charge in [0.15, 0.2) is 0 Å². The molecule has 0 bridgehead atoms. The van der Waals surface area contributed by atoms with Crippen molar-refractivity contribution in [3.05, 3.63) is 36.3 Å². The van der Waals surface area contributed by atoms with E-state index >= 15 is 0 Å². The zero-order valence-corrected chi connectivity index (χ0v) is 13.1.